The molecular formula is C12H18O3. The molecule has 0 aromatic heterocycles. The van der Waals surface area contributed by atoms with Crippen LogP contribution in [0.15, 0.2) is 23.8 Å². The second kappa shape index (κ2) is 6.17. The van der Waals surface area contributed by atoms with Gasteiger partial charge in [0.25, 0.3) is 5.97 Å². The molecule has 0 aromatic carbocycles. The average molecular weight is 210 g/mol. The summed E-state index contributed by atoms with van der Waals surface area (Å²) in [5.41, 5.74) is 2.05. The van der Waals surface area contributed by atoms with Gasteiger partial charge in [0.15, 0.2) is 5.78 Å². The molecule has 3 nitrogen and oxygen atoms in total. The number of carboxylic acids is 1. The molecular weight excluding hydrogens is 192 g/mol. The number of aliphatic carboxylic acids is 1. The van der Waals surface area contributed by atoms with Gasteiger partial charge >= 0.3 is 0 Å². The van der Waals surface area contributed by atoms with Gasteiger partial charge in [0.2, 0.25) is 0 Å². The first-order valence-electron chi connectivity index (χ1n) is 4.89. The Morgan fingerprint density at radius 1 is 1.53 bits per heavy atom. The van der Waals surface area contributed by atoms with Crippen molar-refractivity contribution in [1.29, 1.82) is 0 Å². The average Bonchev–Trinajstić information content (AvgIpc) is 2.08. The lowest BCUT2D eigenvalue weighted by molar-refractivity contribution is -0.134. The van der Waals surface area contributed by atoms with Gasteiger partial charge in [0, 0.05) is 13.3 Å². The number of rotatable bonds is 1. The van der Waals surface area contributed by atoms with Crippen molar-refractivity contribution in [3.05, 3.63) is 23.8 Å². The van der Waals surface area contributed by atoms with Crippen LogP contribution in [0.1, 0.15) is 33.6 Å². The molecule has 0 amide bonds. The number of ketones is 1. The summed E-state index contributed by atoms with van der Waals surface area (Å²) in [5, 5.41) is 7.42. The van der Waals surface area contributed by atoms with E-state index in [-0.39, 0.29) is 5.78 Å². The molecule has 0 saturated heterocycles. The monoisotopic (exact) mass is 210 g/mol. The normalized spacial score (nSPS) is 19.8. The molecule has 3 heteroatoms. The van der Waals surface area contributed by atoms with Gasteiger partial charge < -0.3 is 5.11 Å². The summed E-state index contributed by atoms with van der Waals surface area (Å²) in [4.78, 5) is 20.2. The minimum Gasteiger partial charge on any atom is -0.481 e. The molecule has 0 radical (unpaired) electrons. The van der Waals surface area contributed by atoms with Crippen molar-refractivity contribution < 1.29 is 14.7 Å². The van der Waals surface area contributed by atoms with Gasteiger partial charge in [-0.3, -0.25) is 9.59 Å². The van der Waals surface area contributed by atoms with E-state index in [1.807, 2.05) is 19.9 Å². The fourth-order valence-corrected chi connectivity index (χ4v) is 1.28. The van der Waals surface area contributed by atoms with Crippen molar-refractivity contribution in [3.8, 4) is 0 Å². The standard InChI is InChI=1S/C10H14O.C2H4O2/c1-7(2)9-5-4-8(3)10(11)6-9;1-2(3)4/h4,9H,1,5-6H2,2-3H3;1H3,(H,3,4)/t9-;/m0./s1. The molecule has 1 aliphatic rings. The Hall–Kier alpha value is -1.38. The van der Waals surface area contributed by atoms with E-state index in [1.165, 1.54) is 0 Å². The van der Waals surface area contributed by atoms with Crippen LogP contribution in [-0.4, -0.2) is 16.9 Å². The first kappa shape index (κ1) is 13.6. The lowest BCUT2D eigenvalue weighted by Gasteiger charge is -2.18. The van der Waals surface area contributed by atoms with E-state index >= 15 is 0 Å². The fourth-order valence-electron chi connectivity index (χ4n) is 1.28. The van der Waals surface area contributed by atoms with Gasteiger partial charge in [-0.25, -0.2) is 0 Å². The van der Waals surface area contributed by atoms with Gasteiger partial charge in [-0.1, -0.05) is 18.2 Å². The summed E-state index contributed by atoms with van der Waals surface area (Å²) in [6.07, 6.45) is 3.68. The van der Waals surface area contributed by atoms with Crippen molar-refractivity contribution in [2.24, 2.45) is 5.92 Å². The van der Waals surface area contributed by atoms with Gasteiger partial charge in [-0.2, -0.15) is 0 Å². The van der Waals surface area contributed by atoms with Crippen LogP contribution in [0.25, 0.3) is 0 Å². The van der Waals surface area contributed by atoms with Crippen molar-refractivity contribution >= 4 is 11.8 Å². The Labute approximate surface area is 90.5 Å². The second-order valence-corrected chi connectivity index (χ2v) is 3.81. The first-order valence-corrected chi connectivity index (χ1v) is 4.89. The predicted octanol–water partition coefficient (Wildman–Crippen LogP) is 2.58. The zero-order chi connectivity index (χ0) is 12.0. The molecule has 0 spiro atoms. The number of hydrogen-bond acceptors (Lipinski definition) is 2. The molecule has 0 bridgehead atoms. The molecule has 1 atom stereocenters. The lowest BCUT2D eigenvalue weighted by atomic mass is 9.85. The maximum Gasteiger partial charge on any atom is 0.300 e. The summed E-state index contributed by atoms with van der Waals surface area (Å²) in [5.74, 6) is -0.157. The van der Waals surface area contributed by atoms with E-state index < -0.39 is 5.97 Å². The van der Waals surface area contributed by atoms with Gasteiger partial charge in [-0.05, 0) is 31.8 Å². The number of Topliss-reactive ketones (excluding diaryl/α,β-unsaturated/α-hetero) is 1. The Balaban J connectivity index is 0.000000423. The molecule has 0 saturated carbocycles. The second-order valence-electron chi connectivity index (χ2n) is 3.81. The van der Waals surface area contributed by atoms with Crippen LogP contribution in [-0.2, 0) is 9.59 Å². The summed E-state index contributed by atoms with van der Waals surface area (Å²) in [6.45, 7) is 8.82. The predicted molar refractivity (Wildman–Crippen MR) is 59.6 cm³/mol. The highest BCUT2D eigenvalue weighted by Gasteiger charge is 2.18. The van der Waals surface area contributed by atoms with Crippen LogP contribution < -0.4 is 0 Å². The minimum absolute atomic E-state index is 0.282. The lowest BCUT2D eigenvalue weighted by Crippen LogP contribution is -2.14. The van der Waals surface area contributed by atoms with Crippen LogP contribution in [0.3, 0.4) is 0 Å². The van der Waals surface area contributed by atoms with E-state index in [0.29, 0.717) is 12.3 Å². The number of carbonyl (C=O) groups is 2. The largest absolute Gasteiger partial charge is 0.481 e. The van der Waals surface area contributed by atoms with Crippen LogP contribution in [0, 0.1) is 5.92 Å². The molecule has 84 valence electrons. The maximum atomic E-state index is 11.2. The zero-order valence-electron chi connectivity index (χ0n) is 9.54. The Bertz CT molecular complexity index is 296. The molecule has 15 heavy (non-hydrogen) atoms. The SMILES string of the molecule is C=C(C)[C@H]1CC=C(C)C(=O)C1.CC(=O)O. The van der Waals surface area contributed by atoms with Crippen LogP contribution in [0.4, 0.5) is 0 Å². The number of carboxylic acid groups (broad SMARTS) is 1. The van der Waals surface area contributed by atoms with Crippen molar-refractivity contribution in [1.82, 2.24) is 0 Å². The van der Waals surface area contributed by atoms with E-state index in [1.54, 1.807) is 0 Å². The van der Waals surface area contributed by atoms with Gasteiger partial charge in [-0.15, -0.1) is 0 Å². The minimum atomic E-state index is -0.833. The molecule has 1 N–H and O–H groups in total. The topological polar surface area (TPSA) is 54.4 Å². The number of carbonyl (C=O) groups excluding carboxylic acids is 1. The molecule has 1 aliphatic carbocycles. The van der Waals surface area contributed by atoms with Crippen LogP contribution in [0.2, 0.25) is 0 Å². The summed E-state index contributed by atoms with van der Waals surface area (Å²) >= 11 is 0. The van der Waals surface area contributed by atoms with Crippen molar-refractivity contribution in [2.75, 3.05) is 0 Å². The van der Waals surface area contributed by atoms with E-state index in [2.05, 4.69) is 6.58 Å². The Morgan fingerprint density at radius 2 is 2.00 bits per heavy atom. The van der Waals surface area contributed by atoms with Crippen LogP contribution >= 0.6 is 0 Å². The van der Waals surface area contributed by atoms with Crippen molar-refractivity contribution in [2.45, 2.75) is 33.6 Å². The third-order valence-corrected chi connectivity index (χ3v) is 2.28. The smallest absolute Gasteiger partial charge is 0.300 e. The van der Waals surface area contributed by atoms with Crippen LogP contribution in [0.5, 0.6) is 0 Å². The Morgan fingerprint density at radius 3 is 2.33 bits per heavy atom. The quantitative estimate of drug-likeness (QED) is 0.677. The molecule has 0 heterocycles. The number of hydrogen-bond donors (Lipinski definition) is 1. The summed E-state index contributed by atoms with van der Waals surface area (Å²) < 4.78 is 0. The molecule has 1 rings (SSSR count). The highest BCUT2D eigenvalue weighted by atomic mass is 16.4. The first-order chi connectivity index (χ1) is 6.84. The summed E-state index contributed by atoms with van der Waals surface area (Å²) in [7, 11) is 0. The van der Waals surface area contributed by atoms with Gasteiger partial charge in [0.05, 0.1) is 0 Å². The van der Waals surface area contributed by atoms with E-state index in [0.717, 1.165) is 24.5 Å². The third kappa shape index (κ3) is 5.83. The number of allylic oxidation sites excluding steroid dienone is 3. The maximum absolute atomic E-state index is 11.2. The summed E-state index contributed by atoms with van der Waals surface area (Å²) in [6, 6.07) is 0. The zero-order valence-corrected chi connectivity index (χ0v) is 9.54. The molecule has 0 fully saturated rings. The Kier molecular flexibility index (Phi) is 5.60. The van der Waals surface area contributed by atoms with Gasteiger partial charge in [0.1, 0.15) is 0 Å². The highest BCUT2D eigenvalue weighted by Crippen LogP contribution is 2.25. The highest BCUT2D eigenvalue weighted by molar-refractivity contribution is 5.95. The molecule has 0 aliphatic heterocycles. The van der Waals surface area contributed by atoms with Crippen molar-refractivity contribution in [3.63, 3.8) is 0 Å². The fraction of sp³-hybridized carbons (Fsp3) is 0.500. The van der Waals surface area contributed by atoms with E-state index in [9.17, 15) is 4.79 Å². The molecule has 0 unspecified atom stereocenters. The third-order valence-electron chi connectivity index (χ3n) is 2.28. The molecule has 0 aromatic rings. The van der Waals surface area contributed by atoms with E-state index in [4.69, 9.17) is 9.90 Å².